The predicted octanol–water partition coefficient (Wildman–Crippen LogP) is -0.405. The van der Waals surface area contributed by atoms with Gasteiger partial charge in [0.05, 0.1) is 0 Å². The number of benzene rings is 4. The van der Waals surface area contributed by atoms with Crippen molar-refractivity contribution < 1.29 is 73.6 Å². The second-order valence-electron chi connectivity index (χ2n) is 9.10. The molecule has 1 unspecified atom stereocenters. The zero-order chi connectivity index (χ0) is 30.4. The lowest BCUT2D eigenvalue weighted by Gasteiger charge is -2.38. The van der Waals surface area contributed by atoms with Crippen molar-refractivity contribution in [2.45, 2.75) is 45.4 Å². The summed E-state index contributed by atoms with van der Waals surface area (Å²) in [6.45, 7) is 0. The molecule has 16 nitrogen and oxygen atoms in total. The lowest BCUT2D eigenvalue weighted by atomic mass is 9.93. The number of aliphatic carboxylic acids is 1. The van der Waals surface area contributed by atoms with Crippen LogP contribution >= 0.6 is 0 Å². The van der Waals surface area contributed by atoms with Crippen molar-refractivity contribution in [1.29, 1.82) is 0 Å². The summed E-state index contributed by atoms with van der Waals surface area (Å²) in [5.74, 6) is -2.30. The average molecular weight is 635 g/mol. The maximum atomic E-state index is 12.4. The van der Waals surface area contributed by atoms with Crippen molar-refractivity contribution in [3.05, 3.63) is 36.4 Å². The molecule has 19 heteroatoms. The fourth-order valence-electron chi connectivity index (χ4n) is 4.88. The molecule has 41 heavy (non-hydrogen) atoms. The predicted molar refractivity (Wildman–Crippen MR) is 135 cm³/mol. The first-order valence-corrected chi connectivity index (χ1v) is 15.4. The lowest BCUT2D eigenvalue weighted by Crippen LogP contribution is -2.61. The monoisotopic (exact) mass is 634 g/mol. The van der Waals surface area contributed by atoms with Crippen LogP contribution < -0.4 is 4.74 Å². The first kappa shape index (κ1) is 29.3. The summed E-state index contributed by atoms with van der Waals surface area (Å²) in [5.41, 5.74) is 0. The maximum absolute atomic E-state index is 12.4. The Balaban J connectivity index is 1.90. The van der Waals surface area contributed by atoms with E-state index in [0.29, 0.717) is 6.07 Å². The minimum atomic E-state index is -5.15. The molecule has 4 aromatic carbocycles. The number of aliphatic hydroxyl groups is 3. The van der Waals surface area contributed by atoms with Gasteiger partial charge in [0.25, 0.3) is 30.4 Å². The van der Waals surface area contributed by atoms with E-state index < -0.39 is 87.5 Å². The van der Waals surface area contributed by atoms with E-state index in [-0.39, 0.29) is 32.3 Å². The van der Waals surface area contributed by atoms with Gasteiger partial charge < -0.3 is 29.9 Å². The van der Waals surface area contributed by atoms with E-state index >= 15 is 0 Å². The van der Waals surface area contributed by atoms with Crippen molar-refractivity contribution in [1.82, 2.24) is 0 Å². The number of ether oxygens (including phenoxy) is 2. The van der Waals surface area contributed by atoms with Crippen LogP contribution in [0, 0.1) is 0 Å². The van der Waals surface area contributed by atoms with Crippen LogP contribution in [0.2, 0.25) is 0 Å². The van der Waals surface area contributed by atoms with Gasteiger partial charge in [0, 0.05) is 38.4 Å². The van der Waals surface area contributed by atoms with Gasteiger partial charge in [-0.2, -0.15) is 25.3 Å². The van der Waals surface area contributed by atoms with Gasteiger partial charge in [-0.15, -0.1) is 0 Å². The third-order valence-electron chi connectivity index (χ3n) is 6.64. The molecule has 1 aliphatic rings. The standard InChI is InChI=1S/C22H18O16S3/c23-17-18(24)20(21(26)27)38-22(19(17)25)37-11-5-12(39(28,29)30)8-3-4-10-14(41(34,35)36)6-13(40(31,32)33)9-2-1-7(11)15(8)16(9)10/h1-6,17-20,22-25H,(H,26,27)(H,28,29,30)(H,31,32,33)(H,34,35,36)/t17-,18-,19+,20-,22?/m0/s1. The number of carboxylic acids is 1. The van der Waals surface area contributed by atoms with Crippen LogP contribution in [0.15, 0.2) is 51.1 Å². The molecule has 0 bridgehead atoms. The summed E-state index contributed by atoms with van der Waals surface area (Å²) in [4.78, 5) is 8.66. The fraction of sp³-hybridized carbons (Fsp3) is 0.227. The van der Waals surface area contributed by atoms with E-state index in [2.05, 4.69) is 0 Å². The van der Waals surface area contributed by atoms with E-state index in [1.54, 1.807) is 0 Å². The number of hydrogen-bond acceptors (Lipinski definition) is 12. The summed E-state index contributed by atoms with van der Waals surface area (Å²) in [5, 5.41) is 38.1. The lowest BCUT2D eigenvalue weighted by molar-refractivity contribution is -0.270. The summed E-state index contributed by atoms with van der Waals surface area (Å²) in [6, 6.07) is 5.54. The Morgan fingerprint density at radius 2 is 1.07 bits per heavy atom. The highest BCUT2D eigenvalue weighted by molar-refractivity contribution is 7.87. The number of aliphatic hydroxyl groups excluding tert-OH is 3. The van der Waals surface area contributed by atoms with E-state index in [9.17, 15) is 64.1 Å². The SMILES string of the molecule is O=C(O)[C@H]1OC(Oc2cc(S(=O)(=O)O)c3ccc4c(S(=O)(=O)O)cc(S(=O)(=O)O)c5ccc2c3c54)[C@H](O)[C@@H](O)[C@@H]1O. The Bertz CT molecular complexity index is 2020. The molecule has 1 saturated heterocycles. The summed E-state index contributed by atoms with van der Waals surface area (Å²) in [7, 11) is -15.4. The minimum absolute atomic E-state index is 0.137. The van der Waals surface area contributed by atoms with Gasteiger partial charge in [-0.05, 0) is 12.1 Å². The van der Waals surface area contributed by atoms with Crippen molar-refractivity contribution in [3.8, 4) is 5.75 Å². The van der Waals surface area contributed by atoms with Crippen molar-refractivity contribution >= 4 is 68.6 Å². The summed E-state index contributed by atoms with van der Waals surface area (Å²) in [6.07, 6.45) is -10.4. The van der Waals surface area contributed by atoms with Crippen molar-refractivity contribution in [3.63, 3.8) is 0 Å². The minimum Gasteiger partial charge on any atom is -0.479 e. The smallest absolute Gasteiger partial charge is 0.335 e. The second kappa shape index (κ2) is 9.39. The largest absolute Gasteiger partial charge is 0.479 e. The molecular formula is C22H18O16S3. The number of carboxylic acid groups (broad SMARTS) is 1. The Morgan fingerprint density at radius 1 is 0.659 bits per heavy atom. The van der Waals surface area contributed by atoms with Crippen LogP contribution in [0.4, 0.5) is 0 Å². The zero-order valence-electron chi connectivity index (χ0n) is 19.9. The number of rotatable bonds is 6. The molecule has 1 fully saturated rings. The second-order valence-corrected chi connectivity index (χ2v) is 13.3. The Kier molecular flexibility index (Phi) is 6.70. The van der Waals surface area contributed by atoms with Crippen LogP contribution in [0.1, 0.15) is 0 Å². The normalized spacial score (nSPS) is 24.3. The summed E-state index contributed by atoms with van der Waals surface area (Å²) >= 11 is 0. The Hall–Kier alpha value is -3.24. The molecule has 0 saturated carbocycles. The highest BCUT2D eigenvalue weighted by atomic mass is 32.2. The molecule has 5 rings (SSSR count). The maximum Gasteiger partial charge on any atom is 0.335 e. The molecule has 0 aromatic heterocycles. The van der Waals surface area contributed by atoms with E-state index in [0.717, 1.165) is 30.3 Å². The van der Waals surface area contributed by atoms with Gasteiger partial charge in [0.2, 0.25) is 6.29 Å². The number of hydrogen-bond donors (Lipinski definition) is 7. The quantitative estimate of drug-likeness (QED) is 0.105. The third kappa shape index (κ3) is 4.74. The van der Waals surface area contributed by atoms with Crippen LogP contribution in [0.3, 0.4) is 0 Å². The van der Waals surface area contributed by atoms with Gasteiger partial charge in [-0.1, -0.05) is 18.2 Å². The third-order valence-corrected chi connectivity index (χ3v) is 9.32. The fourth-order valence-corrected chi connectivity index (χ4v) is 7.09. The topological polar surface area (TPSA) is 280 Å². The van der Waals surface area contributed by atoms with Gasteiger partial charge in [-0.3, -0.25) is 13.7 Å². The van der Waals surface area contributed by atoms with Gasteiger partial charge in [0.1, 0.15) is 38.7 Å². The zero-order valence-corrected chi connectivity index (χ0v) is 22.3. The molecule has 5 atom stereocenters. The molecule has 220 valence electrons. The Morgan fingerprint density at radius 3 is 1.51 bits per heavy atom. The van der Waals surface area contributed by atoms with Crippen LogP contribution in [-0.2, 0) is 39.9 Å². The molecule has 0 amide bonds. The highest BCUT2D eigenvalue weighted by Crippen LogP contribution is 2.45. The van der Waals surface area contributed by atoms with Crippen LogP contribution in [-0.4, -0.2) is 96.0 Å². The van der Waals surface area contributed by atoms with Crippen LogP contribution in [0.25, 0.3) is 32.3 Å². The van der Waals surface area contributed by atoms with Gasteiger partial charge >= 0.3 is 5.97 Å². The van der Waals surface area contributed by atoms with Gasteiger partial charge in [-0.25, -0.2) is 4.79 Å². The molecular weight excluding hydrogens is 616 g/mol. The molecule has 4 aromatic rings. The number of carbonyl (C=O) groups is 1. The molecule has 0 spiro atoms. The highest BCUT2D eigenvalue weighted by Gasteiger charge is 2.48. The first-order chi connectivity index (χ1) is 18.8. The van der Waals surface area contributed by atoms with E-state index in [1.165, 1.54) is 0 Å². The first-order valence-electron chi connectivity index (χ1n) is 11.1. The van der Waals surface area contributed by atoms with E-state index in [1.807, 2.05) is 0 Å². The summed E-state index contributed by atoms with van der Waals surface area (Å²) < 4.78 is 114. The van der Waals surface area contributed by atoms with Crippen molar-refractivity contribution in [2.75, 3.05) is 0 Å². The Labute approximate surface area is 229 Å². The van der Waals surface area contributed by atoms with Crippen LogP contribution in [0.5, 0.6) is 5.75 Å². The average Bonchev–Trinajstić information content (AvgIpc) is 2.85. The molecule has 1 aliphatic heterocycles. The van der Waals surface area contributed by atoms with Gasteiger partial charge in [0.15, 0.2) is 6.10 Å². The molecule has 1 heterocycles. The molecule has 0 radical (unpaired) electrons. The molecule has 7 N–H and O–H groups in total. The van der Waals surface area contributed by atoms with Crippen molar-refractivity contribution in [2.24, 2.45) is 0 Å². The molecule has 0 aliphatic carbocycles. The van der Waals surface area contributed by atoms with E-state index in [4.69, 9.17) is 9.47 Å².